The van der Waals surface area contributed by atoms with E-state index in [1.54, 1.807) is 12.3 Å². The summed E-state index contributed by atoms with van der Waals surface area (Å²) < 4.78 is 18.8. The Balaban J connectivity index is 2.15. The van der Waals surface area contributed by atoms with Crippen LogP contribution in [0.5, 0.6) is 5.75 Å². The van der Waals surface area contributed by atoms with Gasteiger partial charge in [-0.15, -0.1) is 0 Å². The summed E-state index contributed by atoms with van der Waals surface area (Å²) in [5, 5.41) is 0. The van der Waals surface area contributed by atoms with Gasteiger partial charge in [0.05, 0.1) is 5.69 Å². The number of ether oxygens (including phenoxy) is 1. The van der Waals surface area contributed by atoms with Gasteiger partial charge in [-0.05, 0) is 25.1 Å². The average molecular weight is 246 g/mol. The molecule has 0 spiro atoms. The van der Waals surface area contributed by atoms with Crippen molar-refractivity contribution < 1.29 is 9.13 Å². The fourth-order valence-corrected chi connectivity index (χ4v) is 1.64. The SMILES string of the molecule is C[C@@H](N)c1ccc(F)cc1OCc1ccccn1. The normalized spacial score (nSPS) is 12.2. The summed E-state index contributed by atoms with van der Waals surface area (Å²) in [5.74, 6) is 0.131. The van der Waals surface area contributed by atoms with Gasteiger partial charge in [-0.25, -0.2) is 4.39 Å². The topological polar surface area (TPSA) is 48.1 Å². The monoisotopic (exact) mass is 246 g/mol. The molecule has 94 valence electrons. The summed E-state index contributed by atoms with van der Waals surface area (Å²) in [5.41, 5.74) is 7.39. The van der Waals surface area contributed by atoms with Gasteiger partial charge < -0.3 is 10.5 Å². The van der Waals surface area contributed by atoms with E-state index in [2.05, 4.69) is 4.98 Å². The van der Waals surface area contributed by atoms with Crippen molar-refractivity contribution in [2.24, 2.45) is 5.73 Å². The molecule has 18 heavy (non-hydrogen) atoms. The molecule has 2 N–H and O–H groups in total. The van der Waals surface area contributed by atoms with Crippen molar-refractivity contribution >= 4 is 0 Å². The lowest BCUT2D eigenvalue weighted by Gasteiger charge is -2.13. The largest absolute Gasteiger partial charge is 0.487 e. The molecule has 0 aliphatic rings. The Morgan fingerprint density at radius 1 is 1.33 bits per heavy atom. The van der Waals surface area contributed by atoms with Gasteiger partial charge in [0.15, 0.2) is 0 Å². The molecule has 0 fully saturated rings. The molecule has 3 nitrogen and oxygen atoms in total. The van der Waals surface area contributed by atoms with E-state index in [0.29, 0.717) is 12.4 Å². The van der Waals surface area contributed by atoms with E-state index in [9.17, 15) is 4.39 Å². The molecule has 0 aliphatic heterocycles. The molecule has 1 aromatic carbocycles. The minimum Gasteiger partial charge on any atom is -0.487 e. The maximum atomic E-state index is 13.2. The fourth-order valence-electron chi connectivity index (χ4n) is 1.64. The average Bonchev–Trinajstić information content (AvgIpc) is 2.37. The van der Waals surface area contributed by atoms with Crippen molar-refractivity contribution in [3.63, 3.8) is 0 Å². The van der Waals surface area contributed by atoms with E-state index < -0.39 is 0 Å². The second-order valence-corrected chi connectivity index (χ2v) is 4.08. The number of pyridine rings is 1. The molecular weight excluding hydrogens is 231 g/mol. The van der Waals surface area contributed by atoms with E-state index >= 15 is 0 Å². The van der Waals surface area contributed by atoms with Crippen LogP contribution in [0.3, 0.4) is 0 Å². The van der Waals surface area contributed by atoms with Crippen molar-refractivity contribution in [2.45, 2.75) is 19.6 Å². The number of hydrogen-bond donors (Lipinski definition) is 1. The zero-order valence-corrected chi connectivity index (χ0v) is 10.1. The van der Waals surface area contributed by atoms with Crippen LogP contribution in [0.4, 0.5) is 4.39 Å². The third-order valence-electron chi connectivity index (χ3n) is 2.57. The highest BCUT2D eigenvalue weighted by Crippen LogP contribution is 2.25. The van der Waals surface area contributed by atoms with E-state index in [1.165, 1.54) is 12.1 Å². The highest BCUT2D eigenvalue weighted by atomic mass is 19.1. The first-order chi connectivity index (χ1) is 8.66. The lowest BCUT2D eigenvalue weighted by atomic mass is 10.1. The third-order valence-corrected chi connectivity index (χ3v) is 2.57. The Bertz CT molecular complexity index is 514. The van der Waals surface area contributed by atoms with Gasteiger partial charge in [-0.3, -0.25) is 4.98 Å². The Kier molecular flexibility index (Phi) is 3.89. The summed E-state index contributed by atoms with van der Waals surface area (Å²) in [6, 6.07) is 9.74. The van der Waals surface area contributed by atoms with Crippen LogP contribution in [0, 0.1) is 5.82 Å². The second-order valence-electron chi connectivity index (χ2n) is 4.08. The van der Waals surface area contributed by atoms with Gasteiger partial charge in [0.2, 0.25) is 0 Å². The van der Waals surface area contributed by atoms with Crippen LogP contribution in [-0.4, -0.2) is 4.98 Å². The highest BCUT2D eigenvalue weighted by Gasteiger charge is 2.09. The lowest BCUT2D eigenvalue weighted by Crippen LogP contribution is -2.08. The van der Waals surface area contributed by atoms with E-state index in [0.717, 1.165) is 11.3 Å². The van der Waals surface area contributed by atoms with Crippen molar-refractivity contribution in [1.29, 1.82) is 0 Å². The molecule has 1 heterocycles. The van der Waals surface area contributed by atoms with Gasteiger partial charge >= 0.3 is 0 Å². The molecule has 4 heteroatoms. The maximum Gasteiger partial charge on any atom is 0.130 e. The molecule has 0 saturated heterocycles. The molecule has 0 radical (unpaired) electrons. The molecular formula is C14H15FN2O. The second kappa shape index (κ2) is 5.60. The van der Waals surface area contributed by atoms with Crippen LogP contribution in [-0.2, 0) is 6.61 Å². The summed E-state index contributed by atoms with van der Waals surface area (Å²) in [7, 11) is 0. The smallest absolute Gasteiger partial charge is 0.130 e. The summed E-state index contributed by atoms with van der Waals surface area (Å²) in [4.78, 5) is 4.14. The summed E-state index contributed by atoms with van der Waals surface area (Å²) >= 11 is 0. The lowest BCUT2D eigenvalue weighted by molar-refractivity contribution is 0.295. The van der Waals surface area contributed by atoms with E-state index in [4.69, 9.17) is 10.5 Å². The number of nitrogens with two attached hydrogens (primary N) is 1. The van der Waals surface area contributed by atoms with Gasteiger partial charge in [0.25, 0.3) is 0 Å². The number of benzene rings is 1. The van der Waals surface area contributed by atoms with Gasteiger partial charge in [0, 0.05) is 23.9 Å². The minimum absolute atomic E-state index is 0.204. The molecule has 1 atom stereocenters. The molecule has 0 aliphatic carbocycles. The van der Waals surface area contributed by atoms with Gasteiger partial charge in [-0.2, -0.15) is 0 Å². The quantitative estimate of drug-likeness (QED) is 0.902. The molecule has 2 rings (SSSR count). The zero-order valence-electron chi connectivity index (χ0n) is 10.1. The van der Waals surface area contributed by atoms with Crippen LogP contribution in [0.2, 0.25) is 0 Å². The number of rotatable bonds is 4. The van der Waals surface area contributed by atoms with Crippen molar-refractivity contribution in [3.05, 3.63) is 59.7 Å². The van der Waals surface area contributed by atoms with Gasteiger partial charge in [-0.1, -0.05) is 12.1 Å². The molecule has 0 bridgehead atoms. The molecule has 0 unspecified atom stereocenters. The minimum atomic E-state index is -0.338. The first-order valence-electron chi connectivity index (χ1n) is 5.74. The zero-order chi connectivity index (χ0) is 13.0. The summed E-state index contributed by atoms with van der Waals surface area (Å²) in [6.07, 6.45) is 1.69. The fraction of sp³-hybridized carbons (Fsp3) is 0.214. The third kappa shape index (κ3) is 3.05. The number of nitrogens with zero attached hydrogens (tertiary/aromatic N) is 1. The van der Waals surface area contributed by atoms with Crippen LogP contribution in [0.25, 0.3) is 0 Å². The maximum absolute atomic E-state index is 13.2. The molecule has 0 amide bonds. The molecule has 2 aromatic rings. The first kappa shape index (κ1) is 12.5. The first-order valence-corrected chi connectivity index (χ1v) is 5.74. The predicted octanol–water partition coefficient (Wildman–Crippen LogP) is 2.82. The van der Waals surface area contributed by atoms with Crippen LogP contribution >= 0.6 is 0 Å². The van der Waals surface area contributed by atoms with Crippen molar-refractivity contribution in [3.8, 4) is 5.75 Å². The predicted molar refractivity (Wildman–Crippen MR) is 67.6 cm³/mol. The Morgan fingerprint density at radius 2 is 2.17 bits per heavy atom. The highest BCUT2D eigenvalue weighted by molar-refractivity contribution is 5.36. The number of aromatic nitrogens is 1. The van der Waals surface area contributed by atoms with E-state index in [1.807, 2.05) is 25.1 Å². The molecule has 0 saturated carbocycles. The number of halogens is 1. The Hall–Kier alpha value is -1.94. The van der Waals surface area contributed by atoms with Crippen LogP contribution in [0.1, 0.15) is 24.2 Å². The molecule has 1 aromatic heterocycles. The van der Waals surface area contributed by atoms with Crippen molar-refractivity contribution in [2.75, 3.05) is 0 Å². The van der Waals surface area contributed by atoms with Gasteiger partial charge in [0.1, 0.15) is 18.2 Å². The summed E-state index contributed by atoms with van der Waals surface area (Å²) in [6.45, 7) is 2.13. The standard InChI is InChI=1S/C14H15FN2O/c1-10(16)13-6-5-11(15)8-14(13)18-9-12-4-2-3-7-17-12/h2-8,10H,9,16H2,1H3/t10-/m1/s1. The Labute approximate surface area is 105 Å². The van der Waals surface area contributed by atoms with Crippen LogP contribution in [0.15, 0.2) is 42.6 Å². The Morgan fingerprint density at radius 3 is 2.83 bits per heavy atom. The van der Waals surface area contributed by atoms with Crippen LogP contribution < -0.4 is 10.5 Å². The van der Waals surface area contributed by atoms with E-state index in [-0.39, 0.29) is 11.9 Å². The van der Waals surface area contributed by atoms with Crippen molar-refractivity contribution in [1.82, 2.24) is 4.98 Å². The number of hydrogen-bond acceptors (Lipinski definition) is 3.